The second-order valence-electron chi connectivity index (χ2n) is 2.58. The Balaban J connectivity index is 3.02. The minimum absolute atomic E-state index is 0.557. The highest BCUT2D eigenvalue weighted by Crippen LogP contribution is 2.14. The number of thiol groups is 1. The van der Waals surface area contributed by atoms with E-state index >= 15 is 0 Å². The summed E-state index contributed by atoms with van der Waals surface area (Å²) in [5.41, 5.74) is 1.24. The lowest BCUT2D eigenvalue weighted by Gasteiger charge is -1.95. The molecule has 1 nitrogen and oxygen atoms in total. The molecule has 3 heteroatoms. The summed E-state index contributed by atoms with van der Waals surface area (Å²) in [5, 5.41) is 9.39. The molecular formula is C11H8ClNS. The van der Waals surface area contributed by atoms with Crippen LogP contribution in [0.2, 0.25) is 5.02 Å². The zero-order chi connectivity index (χ0) is 10.4. The number of nitriles is 1. The summed E-state index contributed by atoms with van der Waals surface area (Å²) in [5.74, 6) is 6.53. The molecule has 0 spiro atoms. The molecule has 0 aliphatic rings. The third-order valence-electron chi connectivity index (χ3n) is 1.56. The Morgan fingerprint density at radius 3 is 2.79 bits per heavy atom. The molecule has 0 heterocycles. The molecule has 0 aliphatic heterocycles. The van der Waals surface area contributed by atoms with Crippen LogP contribution < -0.4 is 0 Å². The highest BCUT2D eigenvalue weighted by Gasteiger charge is 1.98. The Morgan fingerprint density at radius 1 is 1.36 bits per heavy atom. The second kappa shape index (κ2) is 5.60. The minimum Gasteiger partial charge on any atom is -0.192 e. The van der Waals surface area contributed by atoms with Gasteiger partial charge in [-0.2, -0.15) is 17.9 Å². The Labute approximate surface area is 94.1 Å². The fraction of sp³-hybridized carbons (Fsp3) is 0.182. The predicted molar refractivity (Wildman–Crippen MR) is 61.5 cm³/mol. The molecule has 1 rings (SSSR count). The van der Waals surface area contributed by atoms with Crippen molar-refractivity contribution in [3.8, 4) is 17.9 Å². The van der Waals surface area contributed by atoms with Crippen molar-refractivity contribution in [2.45, 2.75) is 6.42 Å². The summed E-state index contributed by atoms with van der Waals surface area (Å²) in [7, 11) is 0. The van der Waals surface area contributed by atoms with E-state index in [0.29, 0.717) is 22.6 Å². The van der Waals surface area contributed by atoms with Crippen LogP contribution in [0, 0.1) is 23.2 Å². The van der Waals surface area contributed by atoms with E-state index in [4.69, 9.17) is 16.9 Å². The van der Waals surface area contributed by atoms with Crippen molar-refractivity contribution in [3.63, 3.8) is 0 Å². The molecule has 0 amide bonds. The highest BCUT2D eigenvalue weighted by molar-refractivity contribution is 7.80. The summed E-state index contributed by atoms with van der Waals surface area (Å²) in [4.78, 5) is 0. The van der Waals surface area contributed by atoms with Crippen LogP contribution in [0.5, 0.6) is 0 Å². The zero-order valence-electron chi connectivity index (χ0n) is 7.42. The van der Waals surface area contributed by atoms with Crippen LogP contribution in [0.15, 0.2) is 18.2 Å². The molecule has 70 valence electrons. The van der Waals surface area contributed by atoms with Crippen LogP contribution in [0.1, 0.15) is 17.5 Å². The van der Waals surface area contributed by atoms with E-state index in [-0.39, 0.29) is 0 Å². The minimum atomic E-state index is 0.557. The van der Waals surface area contributed by atoms with Gasteiger partial charge >= 0.3 is 0 Å². The summed E-state index contributed by atoms with van der Waals surface area (Å²) in [6.07, 6.45) is 0.709. The third kappa shape index (κ3) is 3.00. The van der Waals surface area contributed by atoms with Crippen LogP contribution in [-0.4, -0.2) is 5.75 Å². The zero-order valence-corrected chi connectivity index (χ0v) is 9.07. The van der Waals surface area contributed by atoms with Gasteiger partial charge in [0.25, 0.3) is 0 Å². The largest absolute Gasteiger partial charge is 0.192 e. The summed E-state index contributed by atoms with van der Waals surface area (Å²) < 4.78 is 0. The average Bonchev–Trinajstić information content (AvgIpc) is 2.19. The quantitative estimate of drug-likeness (QED) is 0.572. The van der Waals surface area contributed by atoms with Gasteiger partial charge in [-0.1, -0.05) is 23.4 Å². The fourth-order valence-electron chi connectivity index (χ4n) is 0.931. The Morgan fingerprint density at radius 2 is 2.14 bits per heavy atom. The van der Waals surface area contributed by atoms with Crippen molar-refractivity contribution < 1.29 is 0 Å². The van der Waals surface area contributed by atoms with Gasteiger partial charge in [0, 0.05) is 22.8 Å². The number of benzene rings is 1. The number of hydrogen-bond acceptors (Lipinski definition) is 2. The lowest BCUT2D eigenvalue weighted by atomic mass is 10.1. The molecule has 0 saturated heterocycles. The molecule has 0 aliphatic carbocycles. The van der Waals surface area contributed by atoms with E-state index in [1.165, 1.54) is 0 Å². The van der Waals surface area contributed by atoms with Crippen LogP contribution in [0.25, 0.3) is 0 Å². The predicted octanol–water partition coefficient (Wildman–Crippen LogP) is 2.88. The second-order valence-corrected chi connectivity index (χ2v) is 3.46. The lowest BCUT2D eigenvalue weighted by Crippen LogP contribution is -1.83. The third-order valence-corrected chi connectivity index (χ3v) is 2.02. The number of nitrogens with zero attached hydrogens (tertiary/aromatic N) is 1. The molecular weight excluding hydrogens is 214 g/mol. The molecule has 0 fully saturated rings. The molecule has 0 unspecified atom stereocenters. The number of hydrogen-bond donors (Lipinski definition) is 1. The van der Waals surface area contributed by atoms with Gasteiger partial charge in [-0.15, -0.1) is 0 Å². The first-order valence-corrected chi connectivity index (χ1v) is 5.08. The SMILES string of the molecule is N#Cc1ccc(Cl)cc1C#CCCS. The monoisotopic (exact) mass is 221 g/mol. The maximum atomic E-state index is 8.79. The smallest absolute Gasteiger partial charge is 0.100 e. The normalized spacial score (nSPS) is 8.64. The van der Waals surface area contributed by atoms with E-state index in [0.717, 1.165) is 5.75 Å². The van der Waals surface area contributed by atoms with Gasteiger partial charge in [-0.25, -0.2) is 0 Å². The molecule has 0 radical (unpaired) electrons. The molecule has 0 saturated carbocycles. The fourth-order valence-corrected chi connectivity index (χ4v) is 1.21. The van der Waals surface area contributed by atoms with Crippen molar-refractivity contribution in [1.29, 1.82) is 5.26 Å². The van der Waals surface area contributed by atoms with Crippen molar-refractivity contribution >= 4 is 24.2 Å². The van der Waals surface area contributed by atoms with Gasteiger partial charge in [-0.05, 0) is 18.2 Å². The van der Waals surface area contributed by atoms with E-state index in [1.54, 1.807) is 18.2 Å². The molecule has 1 aromatic rings. The van der Waals surface area contributed by atoms with Crippen molar-refractivity contribution in [2.75, 3.05) is 5.75 Å². The van der Waals surface area contributed by atoms with E-state index in [9.17, 15) is 0 Å². The van der Waals surface area contributed by atoms with Crippen LogP contribution in [-0.2, 0) is 0 Å². The summed E-state index contributed by atoms with van der Waals surface area (Å²) in [6, 6.07) is 7.13. The Hall–Kier alpha value is -1.09. The van der Waals surface area contributed by atoms with Crippen LogP contribution in [0.3, 0.4) is 0 Å². The van der Waals surface area contributed by atoms with Gasteiger partial charge in [-0.3, -0.25) is 0 Å². The van der Waals surface area contributed by atoms with Gasteiger partial charge in [0.15, 0.2) is 0 Å². The first kappa shape index (κ1) is 11.0. The van der Waals surface area contributed by atoms with Crippen molar-refractivity contribution in [1.82, 2.24) is 0 Å². The highest BCUT2D eigenvalue weighted by atomic mass is 35.5. The lowest BCUT2D eigenvalue weighted by molar-refractivity contribution is 1.31. The van der Waals surface area contributed by atoms with E-state index in [1.807, 2.05) is 0 Å². The molecule has 0 aromatic heterocycles. The molecule has 0 bridgehead atoms. The molecule has 1 aromatic carbocycles. The standard InChI is InChI=1S/C11H8ClNS/c12-11-5-4-10(8-13)9(7-11)3-1-2-6-14/h4-5,7,14H,2,6H2. The number of halogens is 1. The first-order chi connectivity index (χ1) is 6.77. The van der Waals surface area contributed by atoms with E-state index in [2.05, 4.69) is 30.5 Å². The maximum Gasteiger partial charge on any atom is 0.100 e. The Bertz CT molecular complexity index is 423. The summed E-state index contributed by atoms with van der Waals surface area (Å²) >= 11 is 9.84. The van der Waals surface area contributed by atoms with E-state index < -0.39 is 0 Å². The molecule has 0 N–H and O–H groups in total. The molecule has 0 atom stereocenters. The van der Waals surface area contributed by atoms with Gasteiger partial charge in [0.1, 0.15) is 6.07 Å². The van der Waals surface area contributed by atoms with Crippen molar-refractivity contribution in [3.05, 3.63) is 34.3 Å². The number of rotatable bonds is 1. The molecule has 14 heavy (non-hydrogen) atoms. The average molecular weight is 222 g/mol. The van der Waals surface area contributed by atoms with Crippen LogP contribution in [0.4, 0.5) is 0 Å². The summed E-state index contributed by atoms with van der Waals surface area (Å²) in [6.45, 7) is 0. The maximum absolute atomic E-state index is 8.79. The first-order valence-electron chi connectivity index (χ1n) is 4.07. The van der Waals surface area contributed by atoms with Gasteiger partial charge in [0.2, 0.25) is 0 Å². The topological polar surface area (TPSA) is 23.8 Å². The van der Waals surface area contributed by atoms with Crippen LogP contribution >= 0.6 is 24.2 Å². The van der Waals surface area contributed by atoms with Gasteiger partial charge in [0.05, 0.1) is 5.56 Å². The Kier molecular flexibility index (Phi) is 4.40. The van der Waals surface area contributed by atoms with Crippen molar-refractivity contribution in [2.24, 2.45) is 0 Å². The van der Waals surface area contributed by atoms with Gasteiger partial charge < -0.3 is 0 Å².